The van der Waals surface area contributed by atoms with Gasteiger partial charge in [0.2, 0.25) is 0 Å². The summed E-state index contributed by atoms with van der Waals surface area (Å²) in [4.78, 5) is 15.7. The van der Waals surface area contributed by atoms with Crippen molar-refractivity contribution in [3.05, 3.63) is 11.6 Å². The van der Waals surface area contributed by atoms with Crippen LogP contribution in [0, 0.1) is 0 Å². The summed E-state index contributed by atoms with van der Waals surface area (Å²) in [7, 11) is 0. The highest BCUT2D eigenvalue weighted by molar-refractivity contribution is 6.05. The Kier molecular flexibility index (Phi) is 4.77. The molecule has 0 unspecified atom stereocenters. The van der Waals surface area contributed by atoms with E-state index in [2.05, 4.69) is 16.4 Å². The summed E-state index contributed by atoms with van der Waals surface area (Å²) in [5.41, 5.74) is 2.38. The van der Waals surface area contributed by atoms with Crippen LogP contribution in [0.4, 0.5) is 4.79 Å². The van der Waals surface area contributed by atoms with E-state index in [0.717, 1.165) is 44.4 Å². The number of carbonyl (C=O) groups is 1. The maximum absolute atomic E-state index is 11.5. The van der Waals surface area contributed by atoms with Crippen LogP contribution < -0.4 is 5.32 Å². The Hall–Kier alpha value is -1.12. The highest BCUT2D eigenvalue weighted by atomic mass is 16.2. The SMILES string of the molecule is O=C1N=C(C2=CCCCCCC2)CCCCN1. The van der Waals surface area contributed by atoms with Gasteiger partial charge >= 0.3 is 6.03 Å². The number of allylic oxidation sites excluding steroid dienone is 2. The van der Waals surface area contributed by atoms with E-state index in [9.17, 15) is 4.79 Å². The first kappa shape index (κ1) is 12.3. The Morgan fingerprint density at radius 3 is 2.76 bits per heavy atom. The molecule has 0 aromatic rings. The summed E-state index contributed by atoms with van der Waals surface area (Å²) < 4.78 is 0. The number of amides is 2. The van der Waals surface area contributed by atoms with Crippen molar-refractivity contribution in [2.45, 2.75) is 57.8 Å². The summed E-state index contributed by atoms with van der Waals surface area (Å²) in [5, 5.41) is 2.83. The van der Waals surface area contributed by atoms with Gasteiger partial charge in [0.05, 0.1) is 0 Å². The van der Waals surface area contributed by atoms with E-state index in [1.54, 1.807) is 0 Å². The van der Waals surface area contributed by atoms with E-state index >= 15 is 0 Å². The van der Waals surface area contributed by atoms with Gasteiger partial charge in [0.25, 0.3) is 0 Å². The number of hydrogen-bond acceptors (Lipinski definition) is 1. The van der Waals surface area contributed by atoms with Gasteiger partial charge in [-0.2, -0.15) is 4.99 Å². The van der Waals surface area contributed by atoms with Crippen LogP contribution in [0.1, 0.15) is 57.8 Å². The topological polar surface area (TPSA) is 41.5 Å². The molecular formula is C14H22N2O. The number of urea groups is 1. The van der Waals surface area contributed by atoms with Crippen LogP contribution in [-0.2, 0) is 0 Å². The monoisotopic (exact) mass is 234 g/mol. The molecule has 0 spiro atoms. The predicted octanol–water partition coefficient (Wildman–Crippen LogP) is 3.60. The Labute approximate surface area is 103 Å². The minimum absolute atomic E-state index is 0.150. The molecule has 0 atom stereocenters. The molecule has 1 aliphatic carbocycles. The second-order valence-corrected chi connectivity index (χ2v) is 4.93. The lowest BCUT2D eigenvalue weighted by atomic mass is 9.94. The van der Waals surface area contributed by atoms with Crippen LogP contribution in [0.5, 0.6) is 0 Å². The zero-order valence-corrected chi connectivity index (χ0v) is 10.5. The van der Waals surface area contributed by atoms with Gasteiger partial charge in [-0.3, -0.25) is 0 Å². The van der Waals surface area contributed by atoms with Crippen LogP contribution in [0.2, 0.25) is 0 Å². The zero-order chi connectivity index (χ0) is 11.9. The van der Waals surface area contributed by atoms with Gasteiger partial charge in [0.1, 0.15) is 0 Å². The molecular weight excluding hydrogens is 212 g/mol. The molecule has 0 bridgehead atoms. The van der Waals surface area contributed by atoms with E-state index in [4.69, 9.17) is 0 Å². The van der Waals surface area contributed by atoms with Crippen LogP contribution in [0.15, 0.2) is 16.6 Å². The Morgan fingerprint density at radius 1 is 1.00 bits per heavy atom. The van der Waals surface area contributed by atoms with Gasteiger partial charge in [0.15, 0.2) is 0 Å². The lowest BCUT2D eigenvalue weighted by Crippen LogP contribution is -2.25. The fourth-order valence-electron chi connectivity index (χ4n) is 2.52. The minimum Gasteiger partial charge on any atom is -0.336 e. The Bertz CT molecular complexity index is 331. The molecule has 0 radical (unpaired) electrons. The van der Waals surface area contributed by atoms with Crippen LogP contribution >= 0.6 is 0 Å². The molecule has 17 heavy (non-hydrogen) atoms. The number of nitrogens with zero attached hydrogens (tertiary/aromatic N) is 1. The molecule has 3 heteroatoms. The maximum atomic E-state index is 11.5. The summed E-state index contributed by atoms with van der Waals surface area (Å²) >= 11 is 0. The number of carbonyl (C=O) groups excluding carboxylic acids is 1. The van der Waals surface area contributed by atoms with Crippen molar-refractivity contribution in [3.8, 4) is 0 Å². The van der Waals surface area contributed by atoms with Crippen molar-refractivity contribution in [1.82, 2.24) is 5.32 Å². The van der Waals surface area contributed by atoms with Gasteiger partial charge in [-0.25, -0.2) is 4.79 Å². The fourth-order valence-corrected chi connectivity index (χ4v) is 2.52. The van der Waals surface area contributed by atoms with Crippen molar-refractivity contribution in [2.75, 3.05) is 6.54 Å². The predicted molar refractivity (Wildman–Crippen MR) is 70.5 cm³/mol. The van der Waals surface area contributed by atoms with E-state index in [1.807, 2.05) is 0 Å². The molecule has 2 amide bonds. The van der Waals surface area contributed by atoms with Gasteiger partial charge in [0, 0.05) is 12.3 Å². The zero-order valence-electron chi connectivity index (χ0n) is 10.5. The first-order valence-electron chi connectivity index (χ1n) is 6.91. The van der Waals surface area contributed by atoms with E-state index in [-0.39, 0.29) is 6.03 Å². The van der Waals surface area contributed by atoms with Gasteiger partial charge in [-0.1, -0.05) is 18.9 Å². The molecule has 1 heterocycles. The van der Waals surface area contributed by atoms with E-state index in [1.165, 1.54) is 31.3 Å². The molecule has 0 aromatic carbocycles. The minimum atomic E-state index is -0.150. The molecule has 0 saturated heterocycles. The molecule has 3 nitrogen and oxygen atoms in total. The summed E-state index contributed by atoms with van der Waals surface area (Å²) in [5.74, 6) is 0. The Balaban J connectivity index is 2.10. The van der Waals surface area contributed by atoms with Crippen molar-refractivity contribution >= 4 is 11.7 Å². The highest BCUT2D eigenvalue weighted by Gasteiger charge is 2.13. The highest BCUT2D eigenvalue weighted by Crippen LogP contribution is 2.20. The quantitative estimate of drug-likeness (QED) is 0.740. The number of nitrogens with one attached hydrogen (secondary N) is 1. The first-order valence-corrected chi connectivity index (χ1v) is 6.91. The molecule has 0 fully saturated rings. The number of aliphatic imine (C=N–C) groups is 1. The summed E-state index contributed by atoms with van der Waals surface area (Å²) in [6.07, 6.45) is 12.9. The van der Waals surface area contributed by atoms with Crippen molar-refractivity contribution in [1.29, 1.82) is 0 Å². The third kappa shape index (κ3) is 3.99. The van der Waals surface area contributed by atoms with Crippen LogP contribution in [-0.4, -0.2) is 18.3 Å². The van der Waals surface area contributed by atoms with Gasteiger partial charge in [-0.15, -0.1) is 0 Å². The molecule has 1 N–H and O–H groups in total. The molecule has 0 saturated carbocycles. The average Bonchev–Trinajstić information content (AvgIpc) is 2.23. The second kappa shape index (κ2) is 6.58. The van der Waals surface area contributed by atoms with Crippen LogP contribution in [0.3, 0.4) is 0 Å². The van der Waals surface area contributed by atoms with E-state index in [0.29, 0.717) is 0 Å². The normalized spacial score (nSPS) is 23.4. The lowest BCUT2D eigenvalue weighted by molar-refractivity contribution is 0.248. The van der Waals surface area contributed by atoms with Crippen molar-refractivity contribution in [3.63, 3.8) is 0 Å². The molecule has 2 aliphatic rings. The van der Waals surface area contributed by atoms with Gasteiger partial charge in [-0.05, 0) is 50.5 Å². The molecule has 2 rings (SSSR count). The molecule has 94 valence electrons. The molecule has 0 aromatic heterocycles. The smallest absolute Gasteiger partial charge is 0.336 e. The number of rotatable bonds is 1. The largest absolute Gasteiger partial charge is 0.341 e. The van der Waals surface area contributed by atoms with Crippen molar-refractivity contribution in [2.24, 2.45) is 4.99 Å². The van der Waals surface area contributed by atoms with Crippen molar-refractivity contribution < 1.29 is 4.79 Å². The third-order valence-electron chi connectivity index (χ3n) is 3.51. The maximum Gasteiger partial charge on any atom is 0.341 e. The average molecular weight is 234 g/mol. The summed E-state index contributed by atoms with van der Waals surface area (Å²) in [6.45, 7) is 0.772. The van der Waals surface area contributed by atoms with Gasteiger partial charge < -0.3 is 5.32 Å². The lowest BCUT2D eigenvalue weighted by Gasteiger charge is -2.16. The fraction of sp³-hybridized carbons (Fsp3) is 0.714. The third-order valence-corrected chi connectivity index (χ3v) is 3.51. The van der Waals surface area contributed by atoms with E-state index < -0.39 is 0 Å². The number of hydrogen-bond donors (Lipinski definition) is 1. The molecule has 1 aliphatic heterocycles. The Morgan fingerprint density at radius 2 is 1.82 bits per heavy atom. The van der Waals surface area contributed by atoms with Crippen LogP contribution in [0.25, 0.3) is 0 Å². The summed E-state index contributed by atoms with van der Waals surface area (Å²) in [6, 6.07) is -0.150. The first-order chi connectivity index (χ1) is 8.36. The standard InChI is InChI=1S/C14H22N2O/c17-14-15-11-7-6-10-13(16-14)12-8-4-2-1-3-5-9-12/h8H,1-7,9-11H2,(H,15,17). The second-order valence-electron chi connectivity index (χ2n) is 4.93.